The number of amides is 2. The summed E-state index contributed by atoms with van der Waals surface area (Å²) in [6, 6.07) is 35.7. The number of nitrogens with zero attached hydrogens (tertiary/aromatic N) is 2. The molecule has 3 N–H and O–H groups in total. The quantitative estimate of drug-likeness (QED) is 0.165. The van der Waals surface area contributed by atoms with Gasteiger partial charge in [0.1, 0.15) is 0 Å². The maximum absolute atomic E-state index is 14.6. The van der Waals surface area contributed by atoms with Crippen molar-refractivity contribution in [3.8, 4) is 0 Å². The van der Waals surface area contributed by atoms with Crippen molar-refractivity contribution in [1.29, 1.82) is 0 Å². The van der Waals surface area contributed by atoms with Gasteiger partial charge in [0.05, 0.1) is 18.2 Å². The normalized spacial score (nSPS) is 19.4. The lowest BCUT2D eigenvalue weighted by Crippen LogP contribution is -2.68. The molecular weight excluding hydrogens is 588 g/mol. The summed E-state index contributed by atoms with van der Waals surface area (Å²) in [7, 11) is 3.78. The second kappa shape index (κ2) is 13.9. The van der Waals surface area contributed by atoms with Gasteiger partial charge in [0.15, 0.2) is 0 Å². The van der Waals surface area contributed by atoms with Crippen LogP contribution in [0.5, 0.6) is 0 Å². The van der Waals surface area contributed by atoms with Crippen LogP contribution in [0.3, 0.4) is 0 Å². The smallest absolute Gasteiger partial charge is 0.321 e. The summed E-state index contributed by atoms with van der Waals surface area (Å²) in [5, 5.41) is 18.7. The zero-order valence-electron chi connectivity index (χ0n) is 24.2. The van der Waals surface area contributed by atoms with Crippen LogP contribution in [0.1, 0.15) is 22.3 Å². The molecule has 4 aromatic rings. The number of carbonyl (C=O) groups excluding carboxylic acids is 1. The van der Waals surface area contributed by atoms with Crippen molar-refractivity contribution in [1.82, 2.24) is 9.80 Å². The number of anilines is 2. The molecule has 0 spiro atoms. The molecule has 6 nitrogen and oxygen atoms in total. The van der Waals surface area contributed by atoms with Crippen LogP contribution in [0.2, 0.25) is 0 Å². The van der Waals surface area contributed by atoms with Gasteiger partial charge in [-0.25, -0.2) is 4.79 Å². The molecule has 0 saturated carbocycles. The van der Waals surface area contributed by atoms with Crippen molar-refractivity contribution < 1.29 is 9.90 Å². The van der Waals surface area contributed by atoms with Gasteiger partial charge in [0, 0.05) is 43.4 Å². The number of nitrogens with one attached hydrogen (secondary N) is 2. The highest BCUT2D eigenvalue weighted by atomic mass is 79.9. The predicted molar refractivity (Wildman–Crippen MR) is 175 cm³/mol. The Morgan fingerprint density at radius 3 is 1.76 bits per heavy atom. The number of hydrogen-bond donors (Lipinski definition) is 3. The van der Waals surface area contributed by atoms with Gasteiger partial charge in [0.25, 0.3) is 0 Å². The highest BCUT2D eigenvalue weighted by molar-refractivity contribution is 9.09. The van der Waals surface area contributed by atoms with Gasteiger partial charge < -0.3 is 25.5 Å². The van der Waals surface area contributed by atoms with E-state index in [1.54, 1.807) is 0 Å². The van der Waals surface area contributed by atoms with Gasteiger partial charge in [-0.1, -0.05) is 101 Å². The fraction of sp³-hybridized carbons (Fsp3) is 0.286. The SMILES string of the molecule is CNc1cccc(CN2C(=O)N(Cc3cccc(NC)c3)[C@H](Cc3ccccc3)[C@H](O)[C@H]2[C@@H](Br)Cc2ccccc2)c1. The first-order chi connectivity index (χ1) is 20.5. The van der Waals surface area contributed by atoms with E-state index in [2.05, 4.69) is 63.0 Å². The van der Waals surface area contributed by atoms with Gasteiger partial charge >= 0.3 is 6.03 Å². The summed E-state index contributed by atoms with van der Waals surface area (Å²) < 4.78 is 0. The molecule has 2 amide bonds. The van der Waals surface area contributed by atoms with Gasteiger partial charge in [-0.3, -0.25) is 0 Å². The number of halogens is 1. The highest BCUT2D eigenvalue weighted by Crippen LogP contribution is 2.34. The van der Waals surface area contributed by atoms with E-state index in [-0.39, 0.29) is 10.9 Å². The van der Waals surface area contributed by atoms with E-state index in [4.69, 9.17) is 0 Å². The minimum atomic E-state index is -0.795. The molecule has 1 fully saturated rings. The summed E-state index contributed by atoms with van der Waals surface area (Å²) in [4.78, 5) is 18.2. The largest absolute Gasteiger partial charge is 0.389 e. The van der Waals surface area contributed by atoms with E-state index in [0.29, 0.717) is 25.9 Å². The first-order valence-corrected chi connectivity index (χ1v) is 15.4. The molecule has 1 aliphatic heterocycles. The van der Waals surface area contributed by atoms with Crippen molar-refractivity contribution in [3.05, 3.63) is 131 Å². The molecular formula is C35H39BrN4O2. The standard InChI is InChI=1S/C35H39BrN4O2/c1-37-29-17-9-15-27(19-29)23-39-32(22-26-13-7-4-8-14-26)34(41)33(31(36)21-25-11-5-3-6-12-25)40(35(39)42)24-28-16-10-18-30(20-28)38-2/h3-20,31-34,37-38,41H,21-24H2,1-2H3/t31-,32+,33+,34-/m0/s1. The zero-order chi connectivity index (χ0) is 29.5. The summed E-state index contributed by atoms with van der Waals surface area (Å²) in [5.41, 5.74) is 6.23. The third-order valence-corrected chi connectivity index (χ3v) is 8.93. The number of hydrogen-bond acceptors (Lipinski definition) is 4. The van der Waals surface area contributed by atoms with E-state index in [1.165, 1.54) is 0 Å². The molecule has 4 atom stereocenters. The predicted octanol–water partition coefficient (Wildman–Crippen LogP) is 6.55. The van der Waals surface area contributed by atoms with Crippen molar-refractivity contribution in [2.24, 2.45) is 0 Å². The van der Waals surface area contributed by atoms with Crippen molar-refractivity contribution in [2.45, 2.75) is 48.9 Å². The number of rotatable bonds is 11. The van der Waals surface area contributed by atoms with Gasteiger partial charge in [-0.15, -0.1) is 0 Å². The molecule has 218 valence electrons. The first-order valence-electron chi connectivity index (χ1n) is 14.5. The third kappa shape index (κ3) is 6.97. The number of aliphatic hydroxyl groups excluding tert-OH is 1. The van der Waals surface area contributed by atoms with E-state index >= 15 is 0 Å². The molecule has 42 heavy (non-hydrogen) atoms. The number of benzene rings is 4. The lowest BCUT2D eigenvalue weighted by Gasteiger charge is -2.51. The minimum absolute atomic E-state index is 0.0755. The maximum atomic E-state index is 14.6. The second-order valence-electron chi connectivity index (χ2n) is 10.9. The van der Waals surface area contributed by atoms with Crippen LogP contribution < -0.4 is 10.6 Å². The summed E-state index contributed by atoms with van der Waals surface area (Å²) in [5.74, 6) is 0. The molecule has 0 radical (unpaired) electrons. The average molecular weight is 628 g/mol. The Balaban J connectivity index is 1.54. The Hall–Kier alpha value is -3.81. The summed E-state index contributed by atoms with van der Waals surface area (Å²) >= 11 is 3.95. The number of aliphatic hydroxyl groups is 1. The Morgan fingerprint density at radius 2 is 1.21 bits per heavy atom. The average Bonchev–Trinajstić information content (AvgIpc) is 3.02. The van der Waals surface area contributed by atoms with E-state index in [9.17, 15) is 9.90 Å². The molecule has 1 saturated heterocycles. The lowest BCUT2D eigenvalue weighted by molar-refractivity contribution is -0.0427. The van der Waals surface area contributed by atoms with Crippen molar-refractivity contribution >= 4 is 33.3 Å². The maximum Gasteiger partial charge on any atom is 0.321 e. The van der Waals surface area contributed by atoms with Crippen molar-refractivity contribution in [2.75, 3.05) is 24.7 Å². The molecule has 1 heterocycles. The fourth-order valence-electron chi connectivity index (χ4n) is 5.89. The topological polar surface area (TPSA) is 67.8 Å². The molecule has 7 heteroatoms. The van der Waals surface area contributed by atoms with E-state index in [1.807, 2.05) is 96.7 Å². The fourth-order valence-corrected chi connectivity index (χ4v) is 6.86. The molecule has 5 rings (SSSR count). The first kappa shape index (κ1) is 29.7. The van der Waals surface area contributed by atoms with Gasteiger partial charge in [-0.2, -0.15) is 0 Å². The molecule has 0 aliphatic carbocycles. The Kier molecular flexibility index (Phi) is 9.82. The Labute approximate surface area is 257 Å². The van der Waals surface area contributed by atoms with Crippen LogP contribution in [0.4, 0.5) is 16.2 Å². The summed E-state index contributed by atoms with van der Waals surface area (Å²) in [6.07, 6.45) is 0.450. The van der Waals surface area contributed by atoms with Gasteiger partial charge in [0.2, 0.25) is 0 Å². The second-order valence-corrected chi connectivity index (χ2v) is 12.1. The molecule has 0 unspecified atom stereocenters. The van der Waals surface area contributed by atoms with Crippen molar-refractivity contribution in [3.63, 3.8) is 0 Å². The Bertz CT molecular complexity index is 1450. The van der Waals surface area contributed by atoms with E-state index in [0.717, 1.165) is 33.6 Å². The summed E-state index contributed by atoms with van der Waals surface area (Å²) in [6.45, 7) is 0.784. The number of alkyl halides is 1. The van der Waals surface area contributed by atoms with Gasteiger partial charge in [-0.05, 0) is 59.4 Å². The number of urea groups is 1. The molecule has 0 bridgehead atoms. The van der Waals surface area contributed by atoms with Crippen LogP contribution in [0.25, 0.3) is 0 Å². The molecule has 4 aromatic carbocycles. The highest BCUT2D eigenvalue weighted by Gasteiger charge is 2.48. The van der Waals surface area contributed by atoms with Crippen LogP contribution in [-0.4, -0.2) is 58.0 Å². The Morgan fingerprint density at radius 1 is 0.714 bits per heavy atom. The van der Waals surface area contributed by atoms with Crippen LogP contribution in [0.15, 0.2) is 109 Å². The number of carbonyl (C=O) groups is 1. The van der Waals surface area contributed by atoms with Crippen LogP contribution in [0, 0.1) is 0 Å². The molecule has 1 aliphatic rings. The monoisotopic (exact) mass is 626 g/mol. The lowest BCUT2D eigenvalue weighted by atomic mass is 9.88. The van der Waals surface area contributed by atoms with E-state index < -0.39 is 18.2 Å². The minimum Gasteiger partial charge on any atom is -0.389 e. The van der Waals surface area contributed by atoms with Crippen LogP contribution in [-0.2, 0) is 25.9 Å². The zero-order valence-corrected chi connectivity index (χ0v) is 25.7. The molecule has 0 aromatic heterocycles. The third-order valence-electron chi connectivity index (χ3n) is 8.06. The van der Waals surface area contributed by atoms with Crippen LogP contribution >= 0.6 is 15.9 Å².